The van der Waals surface area contributed by atoms with Gasteiger partial charge in [0.05, 0.1) is 10.1 Å². The van der Waals surface area contributed by atoms with Crippen LogP contribution in [0.15, 0.2) is 15.7 Å². The van der Waals surface area contributed by atoms with E-state index in [0.717, 1.165) is 49.6 Å². The van der Waals surface area contributed by atoms with Gasteiger partial charge in [0, 0.05) is 18.0 Å². The lowest BCUT2D eigenvalue weighted by Gasteiger charge is -2.28. The predicted octanol–water partition coefficient (Wildman–Crippen LogP) is 4.42. The molecule has 2 aromatic rings. The van der Waals surface area contributed by atoms with Crippen LogP contribution in [-0.4, -0.2) is 39.3 Å². The molecule has 3 heterocycles. The van der Waals surface area contributed by atoms with E-state index in [0.29, 0.717) is 11.1 Å². The van der Waals surface area contributed by atoms with Gasteiger partial charge in [0.1, 0.15) is 0 Å². The van der Waals surface area contributed by atoms with Gasteiger partial charge in [0.25, 0.3) is 11.1 Å². The summed E-state index contributed by atoms with van der Waals surface area (Å²) in [6.07, 6.45) is 6.99. The van der Waals surface area contributed by atoms with Gasteiger partial charge in [-0.2, -0.15) is 0 Å². The average molecular weight is 392 g/mol. The van der Waals surface area contributed by atoms with Gasteiger partial charge in [0.15, 0.2) is 0 Å². The molecule has 2 aromatic heterocycles. The van der Waals surface area contributed by atoms with Crippen LogP contribution in [0, 0.1) is 5.92 Å². The summed E-state index contributed by atoms with van der Waals surface area (Å²) in [7, 11) is 0. The second-order valence-electron chi connectivity index (χ2n) is 7.43. The molecule has 1 saturated heterocycles. The Kier molecular flexibility index (Phi) is 5.36. The third-order valence-electron chi connectivity index (χ3n) is 5.24. The number of hydrogen-bond donors (Lipinski definition) is 0. The van der Waals surface area contributed by atoms with E-state index in [-0.39, 0.29) is 11.2 Å². The molecule has 2 atom stereocenters. The number of likely N-dealkylation sites (tertiary alicyclic amines) is 1. The van der Waals surface area contributed by atoms with Crippen molar-refractivity contribution in [2.45, 2.75) is 62.8 Å². The maximum atomic E-state index is 12.6. The van der Waals surface area contributed by atoms with Crippen LogP contribution < -0.4 is 0 Å². The van der Waals surface area contributed by atoms with Crippen LogP contribution >= 0.6 is 23.1 Å². The van der Waals surface area contributed by atoms with Gasteiger partial charge in [-0.15, -0.1) is 21.5 Å². The Bertz CT molecular complexity index is 780. The molecule has 0 N–H and O–H groups in total. The summed E-state index contributed by atoms with van der Waals surface area (Å²) in [5.74, 6) is 1.51. The molecule has 5 nitrogen and oxygen atoms in total. The highest BCUT2D eigenvalue weighted by Crippen LogP contribution is 2.37. The van der Waals surface area contributed by atoms with Crippen molar-refractivity contribution in [2.75, 3.05) is 13.1 Å². The molecule has 1 fully saturated rings. The maximum absolute atomic E-state index is 12.6. The quantitative estimate of drug-likeness (QED) is 0.722. The van der Waals surface area contributed by atoms with Gasteiger partial charge in [0.2, 0.25) is 5.91 Å². The molecule has 1 aliphatic heterocycles. The second kappa shape index (κ2) is 7.72. The number of piperidine rings is 1. The lowest BCUT2D eigenvalue weighted by atomic mass is 9.90. The smallest absolute Gasteiger partial charge is 0.277 e. The third kappa shape index (κ3) is 3.83. The minimum absolute atomic E-state index is 0.176. The minimum Gasteiger partial charge on any atom is -0.410 e. The molecular weight excluding hydrogens is 366 g/mol. The number of fused-ring (bicyclic) bond motifs is 1. The lowest BCUT2D eigenvalue weighted by molar-refractivity contribution is -0.131. The van der Waals surface area contributed by atoms with E-state index in [4.69, 9.17) is 4.42 Å². The van der Waals surface area contributed by atoms with Gasteiger partial charge in [-0.3, -0.25) is 4.79 Å². The lowest BCUT2D eigenvalue weighted by Crippen LogP contribution is -2.40. The molecular formula is C19H25N3O2S2. The summed E-state index contributed by atoms with van der Waals surface area (Å²) >= 11 is 3.14. The van der Waals surface area contributed by atoms with Crippen molar-refractivity contribution in [1.29, 1.82) is 0 Å². The molecule has 26 heavy (non-hydrogen) atoms. The SMILES string of the molecule is C[C@H]1CCc2sc(-c3nnc(S[C@H](C)C(=O)N4CCCCC4)o3)cc2C1. The normalized spacial score (nSPS) is 21.5. The van der Waals surface area contributed by atoms with Crippen molar-refractivity contribution in [3.8, 4) is 10.8 Å². The zero-order chi connectivity index (χ0) is 18.1. The second-order valence-corrected chi connectivity index (χ2v) is 9.85. The molecule has 0 unspecified atom stereocenters. The summed E-state index contributed by atoms with van der Waals surface area (Å²) in [5.41, 5.74) is 1.43. The summed E-state index contributed by atoms with van der Waals surface area (Å²) in [4.78, 5) is 17.0. The van der Waals surface area contributed by atoms with E-state index >= 15 is 0 Å². The van der Waals surface area contributed by atoms with Crippen LogP contribution in [-0.2, 0) is 17.6 Å². The fourth-order valence-electron chi connectivity index (χ4n) is 3.74. The first-order chi connectivity index (χ1) is 12.6. The third-order valence-corrected chi connectivity index (χ3v) is 7.39. The first kappa shape index (κ1) is 18.0. The number of carbonyl (C=O) groups excluding carboxylic acids is 1. The van der Waals surface area contributed by atoms with Crippen LogP contribution in [0.25, 0.3) is 10.8 Å². The number of carbonyl (C=O) groups is 1. The monoisotopic (exact) mass is 391 g/mol. The van der Waals surface area contributed by atoms with Crippen molar-refractivity contribution in [3.05, 3.63) is 16.5 Å². The molecule has 0 radical (unpaired) electrons. The molecule has 140 valence electrons. The Morgan fingerprint density at radius 3 is 2.96 bits per heavy atom. The number of nitrogens with zero attached hydrogens (tertiary/aromatic N) is 3. The highest BCUT2D eigenvalue weighted by molar-refractivity contribution is 8.00. The topological polar surface area (TPSA) is 59.2 Å². The fourth-order valence-corrected chi connectivity index (χ4v) is 5.64. The largest absolute Gasteiger partial charge is 0.410 e. The number of thiophene rings is 1. The van der Waals surface area contributed by atoms with Crippen molar-refractivity contribution in [2.24, 2.45) is 5.92 Å². The summed E-state index contributed by atoms with van der Waals surface area (Å²) in [6, 6.07) is 2.21. The van der Waals surface area contributed by atoms with Crippen LogP contribution in [0.2, 0.25) is 0 Å². The first-order valence-electron chi connectivity index (χ1n) is 9.51. The number of aromatic nitrogens is 2. The predicted molar refractivity (Wildman–Crippen MR) is 105 cm³/mol. The fraction of sp³-hybridized carbons (Fsp3) is 0.632. The minimum atomic E-state index is -0.196. The van der Waals surface area contributed by atoms with Gasteiger partial charge in [-0.05, 0) is 63.0 Å². The summed E-state index contributed by atoms with van der Waals surface area (Å²) in [5, 5.41) is 8.67. The van der Waals surface area contributed by atoms with Gasteiger partial charge < -0.3 is 9.32 Å². The van der Waals surface area contributed by atoms with Gasteiger partial charge in [-0.1, -0.05) is 18.7 Å². The van der Waals surface area contributed by atoms with E-state index in [1.54, 1.807) is 11.3 Å². The molecule has 1 amide bonds. The molecule has 2 aliphatic rings. The molecule has 0 spiro atoms. The highest BCUT2D eigenvalue weighted by atomic mass is 32.2. The van der Waals surface area contributed by atoms with E-state index < -0.39 is 0 Å². The number of thioether (sulfide) groups is 1. The highest BCUT2D eigenvalue weighted by Gasteiger charge is 2.26. The Labute approximate surface area is 162 Å². The number of aryl methyl sites for hydroxylation is 1. The van der Waals surface area contributed by atoms with Crippen LogP contribution in [0.3, 0.4) is 0 Å². The van der Waals surface area contributed by atoms with Crippen LogP contribution in [0.4, 0.5) is 0 Å². The van der Waals surface area contributed by atoms with Gasteiger partial charge in [-0.25, -0.2) is 0 Å². The average Bonchev–Trinajstić information content (AvgIpc) is 3.28. The Balaban J connectivity index is 1.42. The standard InChI is InChI=1S/C19H25N3O2S2/c1-12-6-7-15-14(10-12)11-16(26-15)17-20-21-19(24-17)25-13(2)18(23)22-8-4-3-5-9-22/h11-13H,3-10H2,1-2H3/t12-,13+/m0/s1. The molecule has 1 aliphatic carbocycles. The van der Waals surface area contributed by atoms with E-state index in [2.05, 4.69) is 23.2 Å². The van der Waals surface area contributed by atoms with Crippen molar-refractivity contribution >= 4 is 29.0 Å². The number of rotatable bonds is 4. The van der Waals surface area contributed by atoms with E-state index in [1.165, 1.54) is 35.0 Å². The Morgan fingerprint density at radius 1 is 1.35 bits per heavy atom. The molecule has 0 bridgehead atoms. The van der Waals surface area contributed by atoms with Crippen molar-refractivity contribution in [3.63, 3.8) is 0 Å². The van der Waals surface area contributed by atoms with Crippen LogP contribution in [0.5, 0.6) is 0 Å². The summed E-state index contributed by atoms with van der Waals surface area (Å²) in [6.45, 7) is 5.98. The van der Waals surface area contributed by atoms with E-state index in [1.807, 2.05) is 11.8 Å². The zero-order valence-corrected chi connectivity index (χ0v) is 17.0. The van der Waals surface area contributed by atoms with E-state index in [9.17, 15) is 4.79 Å². The summed E-state index contributed by atoms with van der Waals surface area (Å²) < 4.78 is 5.86. The Morgan fingerprint density at radius 2 is 2.15 bits per heavy atom. The first-order valence-corrected chi connectivity index (χ1v) is 11.2. The molecule has 0 aromatic carbocycles. The Hall–Kier alpha value is -1.34. The number of amides is 1. The van der Waals surface area contributed by atoms with Gasteiger partial charge >= 0.3 is 0 Å². The van der Waals surface area contributed by atoms with Crippen molar-refractivity contribution < 1.29 is 9.21 Å². The zero-order valence-electron chi connectivity index (χ0n) is 15.4. The number of hydrogen-bond acceptors (Lipinski definition) is 6. The molecule has 7 heteroatoms. The van der Waals surface area contributed by atoms with Crippen molar-refractivity contribution in [1.82, 2.24) is 15.1 Å². The molecule has 4 rings (SSSR count). The maximum Gasteiger partial charge on any atom is 0.277 e. The van der Waals surface area contributed by atoms with Crippen LogP contribution in [0.1, 0.15) is 50.0 Å². The molecule has 0 saturated carbocycles.